The van der Waals surface area contributed by atoms with Crippen LogP contribution in [0.3, 0.4) is 0 Å². The van der Waals surface area contributed by atoms with E-state index in [2.05, 4.69) is 31.6 Å². The number of likely N-dealkylation sites (tertiary alicyclic amines) is 1. The van der Waals surface area contributed by atoms with Crippen LogP contribution in [-0.4, -0.2) is 86.5 Å². The minimum atomic E-state index is -0.212. The number of benzene rings is 1. The Morgan fingerprint density at radius 3 is 2.78 bits per heavy atom. The molecule has 2 aliphatic rings. The predicted octanol–water partition coefficient (Wildman–Crippen LogP) is 2.78. The summed E-state index contributed by atoms with van der Waals surface area (Å²) in [4.78, 5) is 39.4. The number of aromatic nitrogens is 4. The summed E-state index contributed by atoms with van der Waals surface area (Å²) in [6, 6.07) is 11.5. The zero-order valence-electron chi connectivity index (χ0n) is 24.0. The van der Waals surface area contributed by atoms with Crippen LogP contribution in [0.4, 0.5) is 0 Å². The van der Waals surface area contributed by atoms with Crippen molar-refractivity contribution in [2.75, 3.05) is 33.7 Å². The molecule has 2 amide bonds. The lowest BCUT2D eigenvalue weighted by atomic mass is 10.00. The molecule has 214 valence electrons. The van der Waals surface area contributed by atoms with Gasteiger partial charge < -0.3 is 30.0 Å². The number of nitrogens with one attached hydrogen (secondary N) is 1. The Morgan fingerprint density at radius 1 is 1.17 bits per heavy atom. The van der Waals surface area contributed by atoms with E-state index in [-0.39, 0.29) is 23.9 Å². The molecular weight excluding hydrogens is 516 g/mol. The molecule has 10 nitrogen and oxygen atoms in total. The van der Waals surface area contributed by atoms with Crippen molar-refractivity contribution >= 4 is 33.9 Å². The number of pyridine rings is 1. The van der Waals surface area contributed by atoms with E-state index in [1.807, 2.05) is 62.6 Å². The Balaban J connectivity index is 1.24. The van der Waals surface area contributed by atoms with Gasteiger partial charge in [0.25, 0.3) is 5.91 Å². The first-order valence-corrected chi connectivity index (χ1v) is 14.3. The van der Waals surface area contributed by atoms with Crippen molar-refractivity contribution in [2.45, 2.75) is 37.9 Å². The number of imidazole rings is 1. The maximum Gasteiger partial charge on any atom is 0.254 e. The highest BCUT2D eigenvalue weighted by Crippen LogP contribution is 2.36. The van der Waals surface area contributed by atoms with Crippen molar-refractivity contribution in [2.24, 2.45) is 18.7 Å². The number of hydrogen-bond donors (Lipinski definition) is 2. The molecule has 3 aromatic heterocycles. The van der Waals surface area contributed by atoms with Gasteiger partial charge in [-0.15, -0.1) is 0 Å². The summed E-state index contributed by atoms with van der Waals surface area (Å²) >= 11 is 0. The molecule has 4 aromatic rings. The van der Waals surface area contributed by atoms with Crippen molar-refractivity contribution < 1.29 is 9.59 Å². The normalized spacial score (nSPS) is 19.6. The summed E-state index contributed by atoms with van der Waals surface area (Å²) < 4.78 is 4.38. The predicted molar refractivity (Wildman–Crippen MR) is 160 cm³/mol. The monoisotopic (exact) mass is 554 g/mol. The van der Waals surface area contributed by atoms with Gasteiger partial charge >= 0.3 is 0 Å². The summed E-state index contributed by atoms with van der Waals surface area (Å²) in [5.74, 6) is 1.26. The maximum absolute atomic E-state index is 13.6. The molecule has 1 saturated carbocycles. The average molecular weight is 555 g/mol. The summed E-state index contributed by atoms with van der Waals surface area (Å²) in [6.45, 7) is 2.47. The smallest absolute Gasteiger partial charge is 0.254 e. The van der Waals surface area contributed by atoms with Crippen LogP contribution in [0, 0.1) is 5.92 Å². The zero-order valence-corrected chi connectivity index (χ0v) is 24.0. The van der Waals surface area contributed by atoms with Crippen LogP contribution in [0.5, 0.6) is 0 Å². The van der Waals surface area contributed by atoms with Crippen LogP contribution in [0.2, 0.25) is 0 Å². The Hall–Kier alpha value is -4.02. The third-order valence-corrected chi connectivity index (χ3v) is 8.01. The van der Waals surface area contributed by atoms with E-state index in [4.69, 9.17) is 10.7 Å². The largest absolute Gasteiger partial charge is 0.348 e. The fourth-order valence-corrected chi connectivity index (χ4v) is 5.79. The van der Waals surface area contributed by atoms with E-state index in [0.29, 0.717) is 37.5 Å². The van der Waals surface area contributed by atoms with Gasteiger partial charge in [0.1, 0.15) is 5.65 Å². The van der Waals surface area contributed by atoms with Crippen LogP contribution in [0.15, 0.2) is 54.7 Å². The molecule has 0 spiro atoms. The molecule has 41 heavy (non-hydrogen) atoms. The Morgan fingerprint density at radius 2 is 2.00 bits per heavy atom. The topological polar surface area (TPSA) is 114 Å². The van der Waals surface area contributed by atoms with E-state index in [1.54, 1.807) is 11.0 Å². The molecule has 0 unspecified atom stereocenters. The van der Waals surface area contributed by atoms with Gasteiger partial charge in [0.05, 0.1) is 16.7 Å². The zero-order chi connectivity index (χ0) is 28.7. The van der Waals surface area contributed by atoms with Gasteiger partial charge in [0, 0.05) is 68.5 Å². The van der Waals surface area contributed by atoms with Crippen LogP contribution >= 0.6 is 0 Å². The second-order valence-corrected chi connectivity index (χ2v) is 11.8. The molecule has 1 aliphatic heterocycles. The number of carbonyl (C=O) groups excluding carboxylic acids is 2. The Labute approximate surface area is 239 Å². The van der Waals surface area contributed by atoms with Crippen LogP contribution in [0.1, 0.15) is 29.6 Å². The van der Waals surface area contributed by atoms with E-state index in [1.165, 1.54) is 12.8 Å². The highest BCUT2D eigenvalue weighted by molar-refractivity contribution is 5.98. The van der Waals surface area contributed by atoms with Crippen molar-refractivity contribution in [3.8, 4) is 11.5 Å². The molecule has 0 bridgehead atoms. The van der Waals surface area contributed by atoms with Crippen molar-refractivity contribution in [1.29, 1.82) is 0 Å². The molecule has 2 fully saturated rings. The Bertz CT molecular complexity index is 1630. The van der Waals surface area contributed by atoms with E-state index in [0.717, 1.165) is 40.1 Å². The van der Waals surface area contributed by atoms with Crippen LogP contribution in [0.25, 0.3) is 33.6 Å². The lowest BCUT2D eigenvalue weighted by Gasteiger charge is -2.36. The third kappa shape index (κ3) is 5.75. The molecule has 2 atom stereocenters. The second kappa shape index (κ2) is 11.1. The summed E-state index contributed by atoms with van der Waals surface area (Å²) in [5.41, 5.74) is 10.6. The lowest BCUT2D eigenvalue weighted by molar-refractivity contribution is -0.117. The molecule has 1 aliphatic carbocycles. The Kier molecular flexibility index (Phi) is 7.35. The van der Waals surface area contributed by atoms with Gasteiger partial charge in [-0.3, -0.25) is 9.59 Å². The first kappa shape index (κ1) is 27.2. The first-order chi connectivity index (χ1) is 19.8. The maximum atomic E-state index is 13.6. The SMILES string of the molecule is CN(C)C/C=C/C(=O)N[C@H]1C[C@@H](N)CN(C(=O)c2ccc3c(c2)nc(-c2cc4cccnc4n2CC2CC2)n3C)C1. The number of carbonyl (C=O) groups is 2. The van der Waals surface area contributed by atoms with Gasteiger partial charge in [-0.25, -0.2) is 9.97 Å². The molecule has 1 saturated heterocycles. The number of piperidine rings is 1. The fraction of sp³-hybridized carbons (Fsp3) is 0.419. The number of nitrogens with zero attached hydrogens (tertiary/aromatic N) is 6. The van der Waals surface area contributed by atoms with Crippen molar-refractivity contribution in [3.05, 3.63) is 60.3 Å². The number of fused-ring (bicyclic) bond motifs is 2. The molecule has 0 radical (unpaired) electrons. The van der Waals surface area contributed by atoms with Crippen LogP contribution in [-0.2, 0) is 18.4 Å². The lowest BCUT2D eigenvalue weighted by Crippen LogP contribution is -2.56. The summed E-state index contributed by atoms with van der Waals surface area (Å²) in [6.07, 6.45) is 8.32. The first-order valence-electron chi connectivity index (χ1n) is 14.3. The van der Waals surface area contributed by atoms with E-state index >= 15 is 0 Å². The fourth-order valence-electron chi connectivity index (χ4n) is 5.79. The molecule has 4 heterocycles. The molecule has 3 N–H and O–H groups in total. The number of aryl methyl sites for hydroxylation is 1. The van der Waals surface area contributed by atoms with Gasteiger partial charge in [0.15, 0.2) is 5.82 Å². The van der Waals surface area contributed by atoms with Crippen molar-refractivity contribution in [1.82, 2.24) is 34.2 Å². The quantitative estimate of drug-likeness (QED) is 0.324. The molecule has 1 aromatic carbocycles. The van der Waals surface area contributed by atoms with Gasteiger partial charge in [-0.05, 0) is 75.7 Å². The molecule has 10 heteroatoms. The number of likely N-dealkylation sites (N-methyl/N-ethyl adjacent to an activating group) is 1. The number of amides is 2. The van der Waals surface area contributed by atoms with Crippen LogP contribution < -0.4 is 11.1 Å². The molecular formula is C31H38N8O2. The third-order valence-electron chi connectivity index (χ3n) is 8.01. The number of hydrogen-bond acceptors (Lipinski definition) is 6. The minimum absolute atomic E-state index is 0.108. The minimum Gasteiger partial charge on any atom is -0.348 e. The summed E-state index contributed by atoms with van der Waals surface area (Å²) in [5, 5.41) is 4.11. The molecule has 6 rings (SSSR count). The van der Waals surface area contributed by atoms with Gasteiger partial charge in [0.2, 0.25) is 5.91 Å². The van der Waals surface area contributed by atoms with Gasteiger partial charge in [-0.1, -0.05) is 6.08 Å². The summed E-state index contributed by atoms with van der Waals surface area (Å²) in [7, 11) is 5.91. The van der Waals surface area contributed by atoms with E-state index < -0.39 is 0 Å². The standard InChI is InChI=1S/C31H38N8O2/c1-36(2)13-5-7-28(40)34-24-16-23(32)18-38(19-24)31(41)22-10-11-26-25(14-22)35-30(37(26)3)27-15-21-6-4-12-33-29(21)39(27)17-20-8-9-20/h4-7,10-12,14-15,20,23-24H,8-9,13,16-19,32H2,1-3H3,(H,34,40)/b7-5+/t23-,24+/m1/s1. The second-order valence-electron chi connectivity index (χ2n) is 11.8. The number of nitrogens with two attached hydrogens (primary N) is 1. The highest BCUT2D eigenvalue weighted by Gasteiger charge is 2.30. The van der Waals surface area contributed by atoms with Crippen molar-refractivity contribution in [3.63, 3.8) is 0 Å². The number of rotatable bonds is 8. The average Bonchev–Trinajstić information content (AvgIpc) is 3.61. The highest BCUT2D eigenvalue weighted by atomic mass is 16.2. The van der Waals surface area contributed by atoms with E-state index in [9.17, 15) is 9.59 Å². The van der Waals surface area contributed by atoms with Gasteiger partial charge in [-0.2, -0.15) is 0 Å².